The van der Waals surface area contributed by atoms with Crippen LogP contribution in [0.15, 0.2) is 66.7 Å². The molecule has 0 aliphatic heterocycles. The number of Topliss-reactive ketones (excluding diaryl/α,β-unsaturated/α-hetero) is 1. The Morgan fingerprint density at radius 2 is 1.61 bits per heavy atom. The van der Waals surface area contributed by atoms with E-state index < -0.39 is 0 Å². The molecule has 0 bridgehead atoms. The summed E-state index contributed by atoms with van der Waals surface area (Å²) >= 11 is 5.96. The van der Waals surface area contributed by atoms with Crippen LogP contribution in [0.25, 0.3) is 0 Å². The van der Waals surface area contributed by atoms with Crippen LogP contribution >= 0.6 is 11.6 Å². The summed E-state index contributed by atoms with van der Waals surface area (Å²) in [6.45, 7) is 2.55. The molecule has 0 radical (unpaired) electrons. The molecular weight excluding hydrogens is 414 g/mol. The molecule has 0 fully saturated rings. The smallest absolute Gasteiger partial charge is 0.165 e. The molecule has 1 unspecified atom stereocenters. The van der Waals surface area contributed by atoms with Crippen molar-refractivity contribution in [2.75, 3.05) is 26.1 Å². The van der Waals surface area contributed by atoms with Crippen LogP contribution in [-0.4, -0.2) is 26.6 Å². The zero-order chi connectivity index (χ0) is 22.2. The fraction of sp³-hybridized carbons (Fsp3) is 0.240. The number of ether oxygens (including phenoxy) is 3. The first-order valence-electron chi connectivity index (χ1n) is 10.0. The minimum Gasteiger partial charge on any atom is -0.494 e. The number of rotatable bonds is 10. The van der Waals surface area contributed by atoms with Gasteiger partial charge in [-0.15, -0.1) is 0 Å². The first-order chi connectivity index (χ1) is 15.0. The lowest BCUT2D eigenvalue weighted by atomic mass is 9.97. The van der Waals surface area contributed by atoms with Gasteiger partial charge in [0.2, 0.25) is 0 Å². The Kier molecular flexibility index (Phi) is 7.79. The number of anilines is 1. The van der Waals surface area contributed by atoms with Gasteiger partial charge in [-0.1, -0.05) is 17.7 Å². The lowest BCUT2D eigenvalue weighted by Gasteiger charge is -2.21. The van der Waals surface area contributed by atoms with Crippen molar-refractivity contribution in [3.8, 4) is 17.2 Å². The van der Waals surface area contributed by atoms with Gasteiger partial charge in [-0.05, 0) is 73.2 Å². The molecule has 3 rings (SSSR count). The molecule has 0 amide bonds. The van der Waals surface area contributed by atoms with Crippen LogP contribution in [0.3, 0.4) is 0 Å². The summed E-state index contributed by atoms with van der Waals surface area (Å²) in [5.41, 5.74) is 2.41. The van der Waals surface area contributed by atoms with E-state index in [9.17, 15) is 4.79 Å². The summed E-state index contributed by atoms with van der Waals surface area (Å²) in [4.78, 5) is 13.0. The number of carbonyl (C=O) groups excluding carboxylic acids is 1. The molecule has 0 saturated heterocycles. The minimum atomic E-state index is -0.277. The van der Waals surface area contributed by atoms with Gasteiger partial charge in [0, 0.05) is 22.7 Å². The van der Waals surface area contributed by atoms with Crippen molar-refractivity contribution in [3.63, 3.8) is 0 Å². The second-order valence-electron chi connectivity index (χ2n) is 6.90. The summed E-state index contributed by atoms with van der Waals surface area (Å²) in [7, 11) is 3.19. The lowest BCUT2D eigenvalue weighted by Crippen LogP contribution is -2.16. The molecule has 0 aromatic heterocycles. The molecule has 3 aromatic rings. The molecule has 162 valence electrons. The first kappa shape index (κ1) is 22.5. The quantitative estimate of drug-likeness (QED) is 0.382. The topological polar surface area (TPSA) is 56.8 Å². The van der Waals surface area contributed by atoms with E-state index in [4.69, 9.17) is 25.8 Å². The van der Waals surface area contributed by atoms with Crippen molar-refractivity contribution < 1.29 is 19.0 Å². The van der Waals surface area contributed by atoms with Crippen molar-refractivity contribution in [1.29, 1.82) is 0 Å². The predicted octanol–water partition coefficient (Wildman–Crippen LogP) is 6.18. The maximum Gasteiger partial charge on any atom is 0.165 e. The molecule has 5 nitrogen and oxygen atoms in total. The second kappa shape index (κ2) is 10.7. The maximum absolute atomic E-state index is 13.0. The largest absolute Gasteiger partial charge is 0.494 e. The molecule has 0 saturated carbocycles. The fourth-order valence-electron chi connectivity index (χ4n) is 3.28. The van der Waals surface area contributed by atoms with Gasteiger partial charge in [0.25, 0.3) is 0 Å². The third kappa shape index (κ3) is 5.92. The van der Waals surface area contributed by atoms with Gasteiger partial charge in [-0.3, -0.25) is 4.79 Å². The van der Waals surface area contributed by atoms with Crippen LogP contribution in [0.4, 0.5) is 5.69 Å². The lowest BCUT2D eigenvalue weighted by molar-refractivity contribution is 0.0976. The molecule has 3 aromatic carbocycles. The third-order valence-corrected chi connectivity index (χ3v) is 5.12. The van der Waals surface area contributed by atoms with Gasteiger partial charge in [0.05, 0.1) is 26.9 Å². The van der Waals surface area contributed by atoms with E-state index in [-0.39, 0.29) is 18.2 Å². The Morgan fingerprint density at radius 1 is 0.935 bits per heavy atom. The molecular formula is C25H26ClNO4. The van der Waals surface area contributed by atoms with E-state index in [0.29, 0.717) is 28.7 Å². The molecule has 31 heavy (non-hydrogen) atoms. The normalized spacial score (nSPS) is 11.5. The summed E-state index contributed by atoms with van der Waals surface area (Å²) in [5.74, 6) is 2.05. The Balaban J connectivity index is 1.89. The summed E-state index contributed by atoms with van der Waals surface area (Å²) < 4.78 is 16.3. The van der Waals surface area contributed by atoms with Crippen LogP contribution in [0.1, 0.15) is 35.3 Å². The second-order valence-corrected chi connectivity index (χ2v) is 7.34. The van der Waals surface area contributed by atoms with Crippen LogP contribution in [-0.2, 0) is 0 Å². The summed E-state index contributed by atoms with van der Waals surface area (Å²) in [6, 6.07) is 20.0. The number of halogens is 1. The van der Waals surface area contributed by atoms with Gasteiger partial charge in [0.1, 0.15) is 5.75 Å². The zero-order valence-electron chi connectivity index (χ0n) is 17.9. The fourth-order valence-corrected chi connectivity index (χ4v) is 3.40. The average Bonchev–Trinajstić information content (AvgIpc) is 2.80. The third-order valence-electron chi connectivity index (χ3n) is 4.87. The molecule has 6 heteroatoms. The van der Waals surface area contributed by atoms with Crippen molar-refractivity contribution in [3.05, 3.63) is 82.9 Å². The number of nitrogens with one attached hydrogen (secondary N) is 1. The van der Waals surface area contributed by atoms with Crippen molar-refractivity contribution >= 4 is 23.1 Å². The van der Waals surface area contributed by atoms with Gasteiger partial charge >= 0.3 is 0 Å². The van der Waals surface area contributed by atoms with Crippen LogP contribution < -0.4 is 19.5 Å². The Morgan fingerprint density at radius 3 is 2.23 bits per heavy atom. The van der Waals surface area contributed by atoms with Crippen molar-refractivity contribution in [2.24, 2.45) is 0 Å². The average molecular weight is 440 g/mol. The SMILES string of the molecule is CCOc1ccc(NC(CC(=O)c2ccc(Cl)cc2)c2ccc(OC)c(OC)c2)cc1. The van der Waals surface area contributed by atoms with E-state index in [1.165, 1.54) is 0 Å². The van der Waals surface area contributed by atoms with Crippen LogP contribution in [0.5, 0.6) is 17.2 Å². The number of ketones is 1. The Labute approximate surface area is 187 Å². The monoisotopic (exact) mass is 439 g/mol. The van der Waals surface area contributed by atoms with Gasteiger partial charge in [0.15, 0.2) is 17.3 Å². The van der Waals surface area contributed by atoms with Crippen molar-refractivity contribution in [2.45, 2.75) is 19.4 Å². The predicted molar refractivity (Wildman–Crippen MR) is 124 cm³/mol. The Hall–Kier alpha value is -3.18. The number of hydrogen-bond acceptors (Lipinski definition) is 5. The number of hydrogen-bond donors (Lipinski definition) is 1. The Bertz CT molecular complexity index is 1000. The molecule has 1 N–H and O–H groups in total. The maximum atomic E-state index is 13.0. The van der Waals surface area contributed by atoms with Gasteiger partial charge in [-0.25, -0.2) is 0 Å². The standard InChI is InChI=1S/C25H26ClNO4/c1-4-31-21-12-10-20(11-13-21)27-22(16-23(28)17-5-8-19(26)9-6-17)18-7-14-24(29-2)25(15-18)30-3/h5-15,22,27H,4,16H2,1-3H3. The molecule has 0 spiro atoms. The molecule has 0 heterocycles. The highest BCUT2D eigenvalue weighted by atomic mass is 35.5. The van der Waals surface area contributed by atoms with E-state index in [1.54, 1.807) is 38.5 Å². The van der Waals surface area contributed by atoms with E-state index in [0.717, 1.165) is 17.0 Å². The number of methoxy groups -OCH3 is 2. The molecule has 0 aliphatic rings. The number of benzene rings is 3. The highest BCUT2D eigenvalue weighted by Crippen LogP contribution is 2.33. The van der Waals surface area contributed by atoms with E-state index in [1.807, 2.05) is 49.4 Å². The number of carbonyl (C=O) groups is 1. The molecule has 1 atom stereocenters. The van der Waals surface area contributed by atoms with Gasteiger partial charge in [-0.2, -0.15) is 0 Å². The van der Waals surface area contributed by atoms with Crippen molar-refractivity contribution in [1.82, 2.24) is 0 Å². The summed E-state index contributed by atoms with van der Waals surface area (Å²) in [6.07, 6.45) is 0.254. The highest BCUT2D eigenvalue weighted by molar-refractivity contribution is 6.30. The van der Waals surface area contributed by atoms with Crippen LogP contribution in [0, 0.1) is 0 Å². The summed E-state index contributed by atoms with van der Waals surface area (Å²) in [5, 5.41) is 4.06. The minimum absolute atomic E-state index is 0.00916. The molecule has 0 aliphatic carbocycles. The van der Waals surface area contributed by atoms with E-state index >= 15 is 0 Å². The van der Waals surface area contributed by atoms with E-state index in [2.05, 4.69) is 5.32 Å². The first-order valence-corrected chi connectivity index (χ1v) is 10.4. The highest BCUT2D eigenvalue weighted by Gasteiger charge is 2.19. The van der Waals surface area contributed by atoms with Gasteiger partial charge < -0.3 is 19.5 Å². The van der Waals surface area contributed by atoms with Crippen LogP contribution in [0.2, 0.25) is 5.02 Å². The zero-order valence-corrected chi connectivity index (χ0v) is 18.6.